The number of halogens is 1. The first-order valence-corrected chi connectivity index (χ1v) is 16.5. The molecule has 3 aliphatic rings. The van der Waals surface area contributed by atoms with Crippen LogP contribution < -0.4 is 4.90 Å². The molecule has 12 heteroatoms. The van der Waals surface area contributed by atoms with Crippen molar-refractivity contribution in [1.82, 2.24) is 24.8 Å². The van der Waals surface area contributed by atoms with E-state index in [1.165, 1.54) is 4.90 Å². The molecule has 2 bridgehead atoms. The number of anilines is 1. The molecule has 11 nitrogen and oxygen atoms in total. The van der Waals surface area contributed by atoms with Crippen molar-refractivity contribution in [2.24, 2.45) is 17.8 Å². The first-order valence-electron chi connectivity index (χ1n) is 15.6. The van der Waals surface area contributed by atoms with Gasteiger partial charge in [0.1, 0.15) is 23.8 Å². The van der Waals surface area contributed by atoms with Gasteiger partial charge in [-0.1, -0.05) is 77.5 Å². The van der Waals surface area contributed by atoms with Crippen LogP contribution in [-0.4, -0.2) is 95.9 Å². The number of ether oxygens (including phenoxy) is 1. The van der Waals surface area contributed by atoms with Crippen LogP contribution in [0, 0.1) is 17.8 Å². The minimum Gasteiger partial charge on any atom is -0.394 e. The molecule has 7 atom stereocenters. The lowest BCUT2D eigenvalue weighted by Gasteiger charge is -2.40. The van der Waals surface area contributed by atoms with Crippen molar-refractivity contribution in [1.29, 1.82) is 0 Å². The highest BCUT2D eigenvalue weighted by Gasteiger charge is 2.77. The average molecular weight is 692 g/mol. The minimum atomic E-state index is -1.30. The fourth-order valence-electron chi connectivity index (χ4n) is 7.58. The van der Waals surface area contributed by atoms with Crippen LogP contribution in [0.2, 0.25) is 0 Å². The lowest BCUT2D eigenvalue weighted by molar-refractivity contribution is -0.153. The van der Waals surface area contributed by atoms with Gasteiger partial charge in [-0.15, -0.1) is 18.3 Å². The molecule has 3 saturated heterocycles. The summed E-state index contributed by atoms with van der Waals surface area (Å²) in [4.78, 5) is 48.6. The molecule has 0 saturated carbocycles. The number of carbonyl (C=O) groups is 3. The molecule has 3 fully saturated rings. The van der Waals surface area contributed by atoms with Gasteiger partial charge in [-0.3, -0.25) is 14.4 Å². The van der Waals surface area contributed by atoms with E-state index >= 15 is 0 Å². The number of para-hydroxylation sites is 2. The van der Waals surface area contributed by atoms with Crippen LogP contribution in [0.3, 0.4) is 0 Å². The molecule has 1 aromatic heterocycles. The summed E-state index contributed by atoms with van der Waals surface area (Å²) in [5.74, 6) is -2.95. The Bertz CT molecular complexity index is 1650. The highest BCUT2D eigenvalue weighted by atomic mass is 79.9. The predicted molar refractivity (Wildman–Crippen MR) is 177 cm³/mol. The molecule has 0 aliphatic carbocycles. The van der Waals surface area contributed by atoms with E-state index in [0.717, 1.165) is 5.52 Å². The van der Waals surface area contributed by atoms with Crippen LogP contribution in [-0.2, 0) is 25.8 Å². The lowest BCUT2D eigenvalue weighted by atomic mass is 9.70. The topological polar surface area (TPSA) is 121 Å². The number of likely N-dealkylation sites (tertiary alicyclic amines) is 1. The van der Waals surface area contributed by atoms with E-state index in [0.29, 0.717) is 17.6 Å². The van der Waals surface area contributed by atoms with Crippen molar-refractivity contribution < 1.29 is 24.2 Å². The third kappa shape index (κ3) is 5.07. The number of aliphatic hydroxyl groups is 1. The molecule has 242 valence electrons. The van der Waals surface area contributed by atoms with E-state index in [1.807, 2.05) is 68.4 Å². The van der Waals surface area contributed by atoms with E-state index in [1.54, 1.807) is 26.6 Å². The molecule has 1 spiro atoms. The maximum absolute atomic E-state index is 14.9. The van der Waals surface area contributed by atoms with E-state index < -0.39 is 35.6 Å². The average Bonchev–Trinajstić information content (AvgIpc) is 3.77. The Morgan fingerprint density at radius 2 is 1.80 bits per heavy atom. The first-order chi connectivity index (χ1) is 22.2. The maximum Gasteiger partial charge on any atom is 0.250 e. The smallest absolute Gasteiger partial charge is 0.250 e. The number of alkyl halides is 1. The van der Waals surface area contributed by atoms with Gasteiger partial charge in [0.15, 0.2) is 0 Å². The van der Waals surface area contributed by atoms with Crippen LogP contribution in [0.25, 0.3) is 11.0 Å². The fraction of sp³-hybridized carbons (Fsp3) is 0.441. The van der Waals surface area contributed by atoms with Gasteiger partial charge in [0.2, 0.25) is 17.7 Å². The summed E-state index contributed by atoms with van der Waals surface area (Å²) in [5, 5.41) is 19.1. The highest BCUT2D eigenvalue weighted by Crippen LogP contribution is 2.61. The number of aromatic nitrogens is 3. The number of benzene rings is 2. The van der Waals surface area contributed by atoms with Crippen molar-refractivity contribution in [2.45, 2.75) is 55.6 Å². The van der Waals surface area contributed by atoms with Gasteiger partial charge in [-0.2, -0.15) is 0 Å². The van der Waals surface area contributed by atoms with Gasteiger partial charge in [0.05, 0.1) is 36.1 Å². The standard InChI is InChI=1S/C34H39BrN6O5/c1-5-16-38(20-40-25-15-11-10-14-24(25)36-37-40)33(45)30-34-18-23(35)29(46-34)27(28(34)32(44)41(30)26(19-42)21(3)4)31(43)39(17-6-2)22-12-8-7-9-13-22/h5-15,21,23,26-30,42H,1-2,16-20H2,3-4H3/t23?,26-,27+,28-,29+,30?,34?/m0/s1. The second-order valence-corrected chi connectivity index (χ2v) is 13.7. The summed E-state index contributed by atoms with van der Waals surface area (Å²) in [6, 6.07) is 15.0. The van der Waals surface area contributed by atoms with Crippen molar-refractivity contribution >= 4 is 50.4 Å². The van der Waals surface area contributed by atoms with E-state index in [2.05, 4.69) is 39.4 Å². The van der Waals surface area contributed by atoms with Gasteiger partial charge in [-0.05, 0) is 36.6 Å². The fourth-order valence-corrected chi connectivity index (χ4v) is 8.52. The number of hydrogen-bond acceptors (Lipinski definition) is 7. The quantitative estimate of drug-likeness (QED) is 0.229. The Morgan fingerprint density at radius 1 is 1.11 bits per heavy atom. The zero-order chi connectivity index (χ0) is 32.7. The summed E-state index contributed by atoms with van der Waals surface area (Å²) < 4.78 is 8.40. The summed E-state index contributed by atoms with van der Waals surface area (Å²) in [5.41, 5.74) is 0.824. The molecule has 4 heterocycles. The summed E-state index contributed by atoms with van der Waals surface area (Å²) in [6.07, 6.45) is 2.99. The molecular weight excluding hydrogens is 652 g/mol. The number of rotatable bonds is 12. The molecule has 6 rings (SSSR count). The Balaban J connectivity index is 1.43. The van der Waals surface area contributed by atoms with Crippen LogP contribution in [0.1, 0.15) is 20.3 Å². The van der Waals surface area contributed by atoms with Crippen LogP contribution in [0.5, 0.6) is 0 Å². The molecule has 3 aromatic rings. The van der Waals surface area contributed by atoms with Crippen LogP contribution >= 0.6 is 15.9 Å². The molecule has 46 heavy (non-hydrogen) atoms. The van der Waals surface area contributed by atoms with E-state index in [4.69, 9.17) is 4.74 Å². The number of amides is 3. The second kappa shape index (κ2) is 12.7. The first kappa shape index (κ1) is 32.1. The Labute approximate surface area is 276 Å². The number of hydrogen-bond donors (Lipinski definition) is 1. The number of fused-ring (bicyclic) bond motifs is 2. The second-order valence-electron chi connectivity index (χ2n) is 12.5. The lowest BCUT2D eigenvalue weighted by Crippen LogP contribution is -2.60. The molecule has 2 aromatic carbocycles. The van der Waals surface area contributed by atoms with Gasteiger partial charge >= 0.3 is 0 Å². The summed E-state index contributed by atoms with van der Waals surface area (Å²) in [6.45, 7) is 11.7. The molecule has 3 unspecified atom stereocenters. The van der Waals surface area contributed by atoms with Gasteiger partial charge in [0.25, 0.3) is 0 Å². The highest BCUT2D eigenvalue weighted by molar-refractivity contribution is 9.09. The Hall–Kier alpha value is -3.87. The third-order valence-electron chi connectivity index (χ3n) is 9.59. The molecule has 0 radical (unpaired) electrons. The number of carbonyl (C=O) groups excluding carboxylic acids is 3. The van der Waals surface area contributed by atoms with Crippen LogP contribution in [0.4, 0.5) is 5.69 Å². The monoisotopic (exact) mass is 690 g/mol. The number of nitrogens with zero attached hydrogens (tertiary/aromatic N) is 6. The Morgan fingerprint density at radius 3 is 2.48 bits per heavy atom. The van der Waals surface area contributed by atoms with Crippen molar-refractivity contribution in [2.75, 3.05) is 24.6 Å². The normalized spacial score (nSPS) is 27.2. The predicted octanol–water partition coefficient (Wildman–Crippen LogP) is 3.39. The minimum absolute atomic E-state index is 0.0563. The molecular formula is C34H39BrN6O5. The van der Waals surface area contributed by atoms with Gasteiger partial charge < -0.3 is 24.5 Å². The molecule has 1 N–H and O–H groups in total. The molecule has 3 aliphatic heterocycles. The van der Waals surface area contributed by atoms with Crippen molar-refractivity contribution in [3.8, 4) is 0 Å². The zero-order valence-electron chi connectivity index (χ0n) is 26.0. The SMILES string of the molecule is C=CCN(Cn1nnc2ccccc21)C(=O)C1N([C@@H](CO)C(C)C)C(=O)[C@@H]2[C@@H](C(=O)N(CC=C)c3ccccc3)[C@@H]3OC12CC3Br. The van der Waals surface area contributed by atoms with Gasteiger partial charge in [-0.25, -0.2) is 4.68 Å². The Kier molecular flexibility index (Phi) is 8.88. The third-order valence-corrected chi connectivity index (χ3v) is 10.4. The largest absolute Gasteiger partial charge is 0.394 e. The van der Waals surface area contributed by atoms with Crippen molar-refractivity contribution in [3.63, 3.8) is 0 Å². The number of aliphatic hydroxyl groups excluding tert-OH is 1. The molecule has 3 amide bonds. The van der Waals surface area contributed by atoms with Crippen molar-refractivity contribution in [3.05, 3.63) is 79.9 Å². The van der Waals surface area contributed by atoms with Gasteiger partial charge in [0, 0.05) is 23.6 Å². The van der Waals surface area contributed by atoms with E-state index in [9.17, 15) is 19.5 Å². The van der Waals surface area contributed by atoms with E-state index in [-0.39, 0.29) is 54.8 Å². The maximum atomic E-state index is 14.9. The van der Waals surface area contributed by atoms with Crippen LogP contribution in [0.15, 0.2) is 79.9 Å². The summed E-state index contributed by atoms with van der Waals surface area (Å²) in [7, 11) is 0. The zero-order valence-corrected chi connectivity index (χ0v) is 27.6. The summed E-state index contributed by atoms with van der Waals surface area (Å²) >= 11 is 3.76.